The minimum Gasteiger partial charge on any atom is -0.335 e. The number of hydrogen-bond donors (Lipinski definition) is 2. The monoisotopic (exact) mass is 759 g/mol. The van der Waals surface area contributed by atoms with Gasteiger partial charge in [0, 0.05) is 64.5 Å². The maximum absolute atomic E-state index is 12.4. The summed E-state index contributed by atoms with van der Waals surface area (Å²) in [7, 11) is -4.98. The molecular weight excluding hydrogens is 717 g/mol. The third kappa shape index (κ3) is 7.29. The molecule has 2 unspecified atom stereocenters. The second-order valence-electron chi connectivity index (χ2n) is 13.6. The van der Waals surface area contributed by atoms with Crippen molar-refractivity contribution < 1.29 is 21.5 Å². The lowest BCUT2D eigenvalue weighted by molar-refractivity contribution is -0.671. The summed E-state index contributed by atoms with van der Waals surface area (Å²) < 4.78 is 47.8. The minimum atomic E-state index is -3.87. The maximum Gasteiger partial charge on any atom is 0.351 e. The average molecular weight is 760 g/mol. The molecule has 3 heterocycles. The number of nitrogens with one attached hydrogen (secondary N) is 2. The van der Waals surface area contributed by atoms with Gasteiger partial charge in [0.05, 0.1) is 10.7 Å². The van der Waals surface area contributed by atoms with E-state index in [9.17, 15) is 12.6 Å². The molecule has 0 saturated heterocycles. The fraction of sp³-hybridized carbons (Fsp3) is 0.359. The molecule has 1 aromatic heterocycles. The minimum absolute atomic E-state index is 0.237. The summed E-state index contributed by atoms with van der Waals surface area (Å²) >= 11 is 3.65. The van der Waals surface area contributed by atoms with Crippen LogP contribution in [0.4, 0.5) is 5.69 Å². The zero-order valence-electron chi connectivity index (χ0n) is 28.9. The van der Waals surface area contributed by atoms with Crippen molar-refractivity contribution in [2.45, 2.75) is 68.2 Å². The van der Waals surface area contributed by atoms with Crippen LogP contribution in [-0.2, 0) is 38.4 Å². The smallest absolute Gasteiger partial charge is 0.335 e. The van der Waals surface area contributed by atoms with Gasteiger partial charge in [0.1, 0.15) is 4.70 Å². The van der Waals surface area contributed by atoms with Gasteiger partial charge < -0.3 is 4.90 Å². The summed E-state index contributed by atoms with van der Waals surface area (Å²) in [4.78, 5) is 4.14. The first-order valence-corrected chi connectivity index (χ1v) is 22.4. The fourth-order valence-corrected chi connectivity index (χ4v) is 11.4. The van der Waals surface area contributed by atoms with Crippen molar-refractivity contribution >= 4 is 77.0 Å². The van der Waals surface area contributed by atoms with Crippen LogP contribution in [0.3, 0.4) is 0 Å². The Morgan fingerprint density at radius 1 is 1.08 bits per heavy atom. The van der Waals surface area contributed by atoms with E-state index in [1.165, 1.54) is 61.1 Å². The normalized spacial score (nSPS) is 20.9. The maximum atomic E-state index is 12.4. The van der Waals surface area contributed by atoms with Crippen molar-refractivity contribution in [1.82, 2.24) is 10.2 Å². The first-order valence-electron chi connectivity index (χ1n) is 17.8. The molecule has 2 aliphatic heterocycles. The van der Waals surface area contributed by atoms with Gasteiger partial charge in [-0.25, -0.2) is 0 Å². The number of hydroxylamine groups is 1. The molecule has 3 aromatic carbocycles. The molecule has 0 fully saturated rings. The number of thioether (sulfide) groups is 1. The van der Waals surface area contributed by atoms with E-state index >= 15 is 0 Å². The predicted molar refractivity (Wildman–Crippen MR) is 210 cm³/mol. The van der Waals surface area contributed by atoms with Crippen molar-refractivity contribution in [2.24, 2.45) is 5.92 Å². The summed E-state index contributed by atoms with van der Waals surface area (Å²) in [6.07, 6.45) is 18.6. The lowest BCUT2D eigenvalue weighted by atomic mass is 9.77. The molecule has 0 radical (unpaired) electrons. The Kier molecular flexibility index (Phi) is 10.1. The largest absolute Gasteiger partial charge is 0.351 e. The molecule has 0 amide bonds. The Bertz CT molecular complexity index is 2290. The van der Waals surface area contributed by atoms with Crippen LogP contribution in [0.2, 0.25) is 0 Å². The van der Waals surface area contributed by atoms with E-state index in [2.05, 4.69) is 80.4 Å². The van der Waals surface area contributed by atoms with E-state index in [0.29, 0.717) is 25.4 Å². The molecule has 0 saturated carbocycles. The standard InChI is InChI=1S/C39H43N4O4S4/c1-3-40-47-51(45,46)41-17-7-19-42-34-25-31(50(2)44)15-16-35(34)48-37(42)22-26-11-13-28-14-12-27(21-30(28)20-26)23-38-43-18-6-10-33-32-9-5-4-8-29(32)24-36(49-38)39(33)43/h4-5,8-9,15-16,20-25,28,40-41H,3,6-7,10-14,17-19H2,1-2H3/q+1. The second kappa shape index (κ2) is 14.7. The average Bonchev–Trinajstić information content (AvgIpc) is 3.66. The molecule has 0 spiro atoms. The number of fused-ring (bicyclic) bond motifs is 4. The topological polar surface area (TPSA) is 91.6 Å². The first-order chi connectivity index (χ1) is 24.8. The highest BCUT2D eigenvalue weighted by atomic mass is 32.2. The molecule has 4 aromatic rings. The van der Waals surface area contributed by atoms with Crippen molar-refractivity contribution in [3.05, 3.63) is 99.1 Å². The van der Waals surface area contributed by atoms with Crippen molar-refractivity contribution in [2.75, 3.05) is 30.8 Å². The Morgan fingerprint density at radius 3 is 2.80 bits per heavy atom. The Morgan fingerprint density at radius 2 is 1.94 bits per heavy atom. The lowest BCUT2D eigenvalue weighted by Gasteiger charge is -2.29. The molecule has 2 aliphatic carbocycles. The second-order valence-corrected chi connectivity index (χ2v) is 18.4. The molecule has 0 bridgehead atoms. The third-order valence-corrected chi connectivity index (χ3v) is 14.2. The summed E-state index contributed by atoms with van der Waals surface area (Å²) in [6, 6.07) is 17.2. The highest BCUT2D eigenvalue weighted by molar-refractivity contribution is 8.03. The van der Waals surface area contributed by atoms with Gasteiger partial charge in [-0.3, -0.25) is 4.21 Å². The third-order valence-electron chi connectivity index (χ3n) is 10.2. The SMILES string of the molecule is CCNOS(=O)(=O)NCCCN1/C(=C/C2=CC3=C/C(=C/c4sc5cc6ccccc6c6c5[n+]4CCC6)CCC3CC2)Sc2ccc(S(C)=O)cc21. The van der Waals surface area contributed by atoms with E-state index in [4.69, 9.17) is 4.28 Å². The molecule has 8 nitrogen and oxygen atoms in total. The molecular formula is C39H43N4O4S4+. The Balaban J connectivity index is 1.07. The molecule has 266 valence electrons. The Hall–Kier alpha value is -3.10. The zero-order valence-corrected chi connectivity index (χ0v) is 32.2. The molecule has 2 atom stereocenters. The molecule has 51 heavy (non-hydrogen) atoms. The number of anilines is 1. The van der Waals surface area contributed by atoms with Gasteiger partial charge >= 0.3 is 10.3 Å². The van der Waals surface area contributed by atoms with E-state index in [-0.39, 0.29) is 6.54 Å². The van der Waals surface area contributed by atoms with Gasteiger partial charge in [-0.1, -0.05) is 66.4 Å². The number of aromatic nitrogens is 1. The van der Waals surface area contributed by atoms with Crippen molar-refractivity contribution in [1.29, 1.82) is 0 Å². The number of allylic oxidation sites excluding steroid dienone is 6. The van der Waals surface area contributed by atoms with Crippen LogP contribution >= 0.6 is 23.1 Å². The van der Waals surface area contributed by atoms with E-state index in [1.54, 1.807) is 24.9 Å². The number of aryl methyl sites for hydroxylation is 2. The molecule has 4 aliphatic rings. The molecule has 12 heteroatoms. The predicted octanol–water partition coefficient (Wildman–Crippen LogP) is 7.68. The van der Waals surface area contributed by atoms with Gasteiger partial charge in [-0.15, -0.1) is 0 Å². The van der Waals surface area contributed by atoms with Gasteiger partial charge in [-0.05, 0) is 102 Å². The number of thiazole rings is 1. The van der Waals surface area contributed by atoms with Gasteiger partial charge in [0.2, 0.25) is 5.52 Å². The van der Waals surface area contributed by atoms with Crippen LogP contribution in [0.5, 0.6) is 0 Å². The van der Waals surface area contributed by atoms with Gasteiger partial charge in [-0.2, -0.15) is 27.5 Å². The van der Waals surface area contributed by atoms with Crippen LogP contribution < -0.4 is 19.7 Å². The van der Waals surface area contributed by atoms with Crippen LogP contribution in [-0.4, -0.2) is 38.5 Å². The highest BCUT2D eigenvalue weighted by Crippen LogP contribution is 2.48. The summed E-state index contributed by atoms with van der Waals surface area (Å²) in [5, 5.41) is 5.20. The van der Waals surface area contributed by atoms with Crippen LogP contribution in [0.25, 0.3) is 27.1 Å². The van der Waals surface area contributed by atoms with Crippen LogP contribution in [0.15, 0.2) is 98.3 Å². The summed E-state index contributed by atoms with van der Waals surface area (Å²) in [6.45, 7) is 4.06. The number of hydrogen-bond acceptors (Lipinski definition) is 8. The summed E-state index contributed by atoms with van der Waals surface area (Å²) in [5.41, 5.74) is 10.5. The van der Waals surface area contributed by atoms with E-state index < -0.39 is 21.1 Å². The van der Waals surface area contributed by atoms with Crippen LogP contribution in [0, 0.1) is 5.92 Å². The van der Waals surface area contributed by atoms with Gasteiger partial charge in [0.15, 0.2) is 6.54 Å². The van der Waals surface area contributed by atoms with Crippen molar-refractivity contribution in [3.63, 3.8) is 0 Å². The Labute approximate surface area is 311 Å². The molecule has 8 rings (SSSR count). The van der Waals surface area contributed by atoms with Crippen LogP contribution in [0.1, 0.15) is 56.0 Å². The van der Waals surface area contributed by atoms with Crippen molar-refractivity contribution in [3.8, 4) is 0 Å². The lowest BCUT2D eigenvalue weighted by Crippen LogP contribution is -2.38. The number of benzene rings is 3. The molecule has 2 N–H and O–H groups in total. The quantitative estimate of drug-likeness (QED) is 0.0921. The van der Waals surface area contributed by atoms with Gasteiger partial charge in [0.25, 0.3) is 5.01 Å². The summed E-state index contributed by atoms with van der Waals surface area (Å²) in [5.74, 6) is 0.582. The fourth-order valence-electron chi connectivity index (χ4n) is 7.78. The first kappa shape index (κ1) is 35.0. The highest BCUT2D eigenvalue weighted by Gasteiger charge is 2.30. The van der Waals surface area contributed by atoms with E-state index in [0.717, 1.165) is 52.7 Å². The number of nitrogens with zero attached hydrogens (tertiary/aromatic N) is 2. The zero-order chi connectivity index (χ0) is 35.1. The number of rotatable bonds is 11. The van der Waals surface area contributed by atoms with E-state index in [1.807, 2.05) is 23.5 Å².